The zero-order valence-corrected chi connectivity index (χ0v) is 9.16. The van der Waals surface area contributed by atoms with E-state index in [-0.39, 0.29) is 11.9 Å². The van der Waals surface area contributed by atoms with E-state index >= 15 is 0 Å². The van der Waals surface area contributed by atoms with Crippen LogP contribution in [0, 0.1) is 0 Å². The smallest absolute Gasteiger partial charge is 0.254 e. The average molecular weight is 199 g/mol. The van der Waals surface area contributed by atoms with Crippen molar-refractivity contribution in [3.63, 3.8) is 0 Å². The lowest BCUT2D eigenvalue weighted by Crippen LogP contribution is -2.42. The Bertz CT molecular complexity index is 401. The Morgan fingerprint density at radius 2 is 2.13 bits per heavy atom. The van der Waals surface area contributed by atoms with Crippen LogP contribution in [0.15, 0.2) is 18.2 Å². The van der Waals surface area contributed by atoms with Gasteiger partial charge in [0, 0.05) is 18.2 Å². The van der Waals surface area contributed by atoms with E-state index in [0.717, 1.165) is 29.6 Å². The summed E-state index contributed by atoms with van der Waals surface area (Å²) in [6.07, 6.45) is 0.907. The number of carbonyl (C=O) groups is 1. The number of hydrogen-bond donors (Lipinski definition) is 0. The highest BCUT2D eigenvalue weighted by Crippen LogP contribution is 2.19. The molecule has 0 bridgehead atoms. The van der Waals surface area contributed by atoms with Gasteiger partial charge in [0.15, 0.2) is 0 Å². The van der Waals surface area contributed by atoms with Crippen LogP contribution in [0.25, 0.3) is 0 Å². The number of hydrogen-bond acceptors (Lipinski definition) is 1. The van der Waals surface area contributed by atoms with Crippen LogP contribution in [0.3, 0.4) is 0 Å². The largest absolute Gasteiger partial charge is 0.336 e. The van der Waals surface area contributed by atoms with Crippen molar-refractivity contribution in [3.8, 4) is 0 Å². The lowest BCUT2D eigenvalue weighted by atomic mass is 9.89. The van der Waals surface area contributed by atoms with Crippen LogP contribution >= 0.6 is 0 Å². The first kappa shape index (κ1) is 10.3. The Morgan fingerprint density at radius 3 is 2.80 bits per heavy atom. The predicted octanol–water partition coefficient (Wildman–Crippen LogP) is 0.887. The molecule has 0 saturated heterocycles. The monoisotopic (exact) mass is 199 g/mol. The maximum absolute atomic E-state index is 12.1. The summed E-state index contributed by atoms with van der Waals surface area (Å²) in [6.45, 7) is 4.88. The second kappa shape index (κ2) is 3.72. The fraction of sp³-hybridized carbons (Fsp3) is 0.417. The van der Waals surface area contributed by atoms with Gasteiger partial charge >= 0.3 is 0 Å². The van der Waals surface area contributed by atoms with Gasteiger partial charge in [-0.1, -0.05) is 17.6 Å². The SMILES string of the molecule is [B]c1ccc2c(c1)CCN(C(C)C)C2=O. The van der Waals surface area contributed by atoms with Gasteiger partial charge in [-0.15, -0.1) is 0 Å². The maximum Gasteiger partial charge on any atom is 0.254 e. The molecule has 0 aliphatic carbocycles. The van der Waals surface area contributed by atoms with Gasteiger partial charge in [-0.25, -0.2) is 0 Å². The number of amides is 1. The van der Waals surface area contributed by atoms with E-state index in [9.17, 15) is 4.79 Å². The van der Waals surface area contributed by atoms with Crippen LogP contribution in [-0.4, -0.2) is 31.2 Å². The number of fused-ring (bicyclic) bond motifs is 1. The van der Waals surface area contributed by atoms with Gasteiger partial charge in [-0.2, -0.15) is 0 Å². The third kappa shape index (κ3) is 1.78. The van der Waals surface area contributed by atoms with E-state index in [4.69, 9.17) is 7.85 Å². The first-order valence-electron chi connectivity index (χ1n) is 5.29. The second-order valence-corrected chi connectivity index (χ2v) is 4.26. The fourth-order valence-corrected chi connectivity index (χ4v) is 2.02. The number of carbonyl (C=O) groups excluding carboxylic acids is 1. The van der Waals surface area contributed by atoms with Crippen LogP contribution in [0.4, 0.5) is 0 Å². The Balaban J connectivity index is 2.39. The van der Waals surface area contributed by atoms with Crippen molar-refractivity contribution in [1.29, 1.82) is 0 Å². The zero-order valence-electron chi connectivity index (χ0n) is 9.16. The Kier molecular flexibility index (Phi) is 2.55. The molecule has 2 radical (unpaired) electrons. The van der Waals surface area contributed by atoms with E-state index in [2.05, 4.69) is 0 Å². The van der Waals surface area contributed by atoms with Crippen LogP contribution in [0.2, 0.25) is 0 Å². The molecule has 1 heterocycles. The number of benzene rings is 1. The van der Waals surface area contributed by atoms with E-state index < -0.39 is 0 Å². The Hall–Kier alpha value is -1.25. The average Bonchev–Trinajstić information content (AvgIpc) is 2.17. The molecule has 1 aliphatic heterocycles. The number of rotatable bonds is 1. The maximum atomic E-state index is 12.1. The second-order valence-electron chi connectivity index (χ2n) is 4.26. The van der Waals surface area contributed by atoms with Crippen molar-refractivity contribution < 1.29 is 4.79 Å². The summed E-state index contributed by atoms with van der Waals surface area (Å²) in [7, 11) is 5.70. The van der Waals surface area contributed by atoms with Gasteiger partial charge in [0.25, 0.3) is 5.91 Å². The third-order valence-electron chi connectivity index (χ3n) is 2.87. The molecule has 2 rings (SSSR count). The van der Waals surface area contributed by atoms with Crippen LogP contribution < -0.4 is 5.46 Å². The summed E-state index contributed by atoms with van der Waals surface area (Å²) in [5, 5.41) is 0. The van der Waals surface area contributed by atoms with Crippen LogP contribution in [-0.2, 0) is 6.42 Å². The van der Waals surface area contributed by atoms with E-state index in [1.54, 1.807) is 6.07 Å². The first-order valence-corrected chi connectivity index (χ1v) is 5.29. The molecule has 76 valence electrons. The van der Waals surface area contributed by atoms with Gasteiger partial charge in [0.05, 0.1) is 0 Å². The fourth-order valence-electron chi connectivity index (χ4n) is 2.02. The van der Waals surface area contributed by atoms with Crippen LogP contribution in [0.1, 0.15) is 29.8 Å². The topological polar surface area (TPSA) is 20.3 Å². The molecular formula is C12H14BNO. The van der Waals surface area contributed by atoms with Crippen molar-refractivity contribution >= 4 is 19.2 Å². The molecule has 0 atom stereocenters. The summed E-state index contributed by atoms with van der Waals surface area (Å²) in [6, 6.07) is 5.80. The van der Waals surface area contributed by atoms with Crippen molar-refractivity contribution in [2.24, 2.45) is 0 Å². The quantitative estimate of drug-likeness (QED) is 0.615. The van der Waals surface area contributed by atoms with Crippen LogP contribution in [0.5, 0.6) is 0 Å². The zero-order chi connectivity index (χ0) is 11.0. The van der Waals surface area contributed by atoms with Crippen molar-refractivity contribution in [1.82, 2.24) is 4.90 Å². The highest BCUT2D eigenvalue weighted by Gasteiger charge is 2.25. The van der Waals surface area contributed by atoms with E-state index in [1.165, 1.54) is 0 Å². The lowest BCUT2D eigenvalue weighted by Gasteiger charge is -2.32. The van der Waals surface area contributed by atoms with Crippen molar-refractivity contribution in [2.45, 2.75) is 26.3 Å². The highest BCUT2D eigenvalue weighted by atomic mass is 16.2. The van der Waals surface area contributed by atoms with Crippen molar-refractivity contribution in [3.05, 3.63) is 29.3 Å². The summed E-state index contributed by atoms with van der Waals surface area (Å²) < 4.78 is 0. The standard InChI is InChI=1S/C12H14BNO/c1-8(2)14-6-5-9-7-10(13)3-4-11(9)12(14)15/h3-4,7-8H,5-6H2,1-2H3. The minimum atomic E-state index is 0.131. The summed E-state index contributed by atoms with van der Waals surface area (Å²) in [5.74, 6) is 0.131. The molecule has 0 fully saturated rings. The summed E-state index contributed by atoms with van der Waals surface area (Å²) in [5.41, 5.74) is 2.63. The minimum Gasteiger partial charge on any atom is -0.336 e. The molecule has 1 aromatic rings. The van der Waals surface area contributed by atoms with Gasteiger partial charge in [-0.3, -0.25) is 4.79 Å². The van der Waals surface area contributed by atoms with E-state index in [0.29, 0.717) is 0 Å². The molecule has 0 unspecified atom stereocenters. The molecule has 0 aromatic heterocycles. The highest BCUT2D eigenvalue weighted by molar-refractivity contribution is 6.32. The van der Waals surface area contributed by atoms with Gasteiger partial charge in [-0.05, 0) is 31.9 Å². The van der Waals surface area contributed by atoms with Crippen molar-refractivity contribution in [2.75, 3.05) is 6.54 Å². The molecule has 1 amide bonds. The minimum absolute atomic E-state index is 0.131. The molecule has 1 aromatic carbocycles. The van der Waals surface area contributed by atoms with Gasteiger partial charge in [0.2, 0.25) is 0 Å². The first-order chi connectivity index (χ1) is 7.09. The molecule has 0 spiro atoms. The molecule has 15 heavy (non-hydrogen) atoms. The lowest BCUT2D eigenvalue weighted by molar-refractivity contribution is 0.0688. The molecule has 2 nitrogen and oxygen atoms in total. The summed E-state index contributed by atoms with van der Waals surface area (Å²) >= 11 is 0. The predicted molar refractivity (Wildman–Crippen MR) is 61.7 cm³/mol. The molecular weight excluding hydrogens is 185 g/mol. The van der Waals surface area contributed by atoms with Gasteiger partial charge in [0.1, 0.15) is 7.85 Å². The number of nitrogens with zero attached hydrogens (tertiary/aromatic N) is 1. The molecule has 1 aliphatic rings. The summed E-state index contributed by atoms with van der Waals surface area (Å²) in [4.78, 5) is 14.0. The van der Waals surface area contributed by atoms with Gasteiger partial charge < -0.3 is 4.90 Å². The molecule has 3 heteroatoms. The molecule has 0 saturated carbocycles. The van der Waals surface area contributed by atoms with E-state index in [1.807, 2.05) is 30.9 Å². The third-order valence-corrected chi connectivity index (χ3v) is 2.87. The molecule has 0 N–H and O–H groups in total. The normalized spacial score (nSPS) is 15.7. The Morgan fingerprint density at radius 1 is 1.40 bits per heavy atom. The Labute approximate surface area is 91.7 Å².